The van der Waals surface area contributed by atoms with Crippen LogP contribution in [-0.4, -0.2) is 51.4 Å². The molecule has 6 heteroatoms. The van der Waals surface area contributed by atoms with Crippen LogP contribution in [0.25, 0.3) is 10.9 Å². The van der Waals surface area contributed by atoms with Gasteiger partial charge in [-0.15, -0.1) is 0 Å². The molecule has 0 unspecified atom stereocenters. The Morgan fingerprint density at radius 1 is 1.17 bits per heavy atom. The minimum absolute atomic E-state index is 0.110. The Labute approximate surface area is 136 Å². The van der Waals surface area contributed by atoms with Crippen LogP contribution >= 0.6 is 0 Å². The van der Waals surface area contributed by atoms with E-state index in [9.17, 15) is 4.79 Å². The summed E-state index contributed by atoms with van der Waals surface area (Å²) in [6.07, 6.45) is 0. The van der Waals surface area contributed by atoms with Crippen LogP contribution in [0.5, 0.6) is 5.75 Å². The number of pyridine rings is 1. The molecule has 0 aliphatic carbocycles. The minimum Gasteiger partial charge on any atom is -0.497 e. The summed E-state index contributed by atoms with van der Waals surface area (Å²) in [6.45, 7) is 4.52. The summed E-state index contributed by atoms with van der Waals surface area (Å²) in [5.41, 5.74) is 2.12. The average molecular weight is 317 g/mol. The van der Waals surface area contributed by atoms with Gasteiger partial charge in [0.25, 0.3) is 5.91 Å². The molecule has 124 valence electrons. The van der Waals surface area contributed by atoms with Crippen molar-refractivity contribution in [2.45, 2.75) is 6.92 Å². The number of benzene rings is 1. The molecule has 23 heavy (non-hydrogen) atoms. The van der Waals surface area contributed by atoms with Gasteiger partial charge in [-0.1, -0.05) is 0 Å². The van der Waals surface area contributed by atoms with Crippen LogP contribution in [0.1, 0.15) is 16.1 Å². The van der Waals surface area contributed by atoms with Gasteiger partial charge in [0.2, 0.25) is 0 Å². The maximum Gasteiger partial charge on any atom is 0.253 e. The fourth-order valence-electron chi connectivity index (χ4n) is 2.26. The number of methoxy groups -OCH3 is 2. The number of ether oxygens (including phenoxy) is 2. The first kappa shape index (κ1) is 17.2. The average Bonchev–Trinajstić information content (AvgIpc) is 2.56. The van der Waals surface area contributed by atoms with Crippen molar-refractivity contribution in [3.05, 3.63) is 35.5 Å². The Morgan fingerprint density at radius 3 is 2.74 bits per heavy atom. The first-order valence-corrected chi connectivity index (χ1v) is 7.59. The van der Waals surface area contributed by atoms with Gasteiger partial charge in [0, 0.05) is 38.2 Å². The van der Waals surface area contributed by atoms with E-state index in [1.54, 1.807) is 14.2 Å². The summed E-state index contributed by atoms with van der Waals surface area (Å²) in [7, 11) is 3.28. The highest BCUT2D eigenvalue weighted by Crippen LogP contribution is 2.21. The maximum absolute atomic E-state index is 12.3. The van der Waals surface area contributed by atoms with Crippen LogP contribution < -0.4 is 15.4 Å². The second-order valence-electron chi connectivity index (χ2n) is 5.18. The summed E-state index contributed by atoms with van der Waals surface area (Å²) in [5.74, 6) is 0.644. The molecule has 0 radical (unpaired) electrons. The maximum atomic E-state index is 12.3. The molecule has 1 amide bonds. The van der Waals surface area contributed by atoms with E-state index in [2.05, 4.69) is 15.6 Å². The van der Waals surface area contributed by atoms with Crippen molar-refractivity contribution in [2.75, 3.05) is 40.5 Å². The molecule has 2 aromatic rings. The van der Waals surface area contributed by atoms with Crippen LogP contribution in [0.15, 0.2) is 24.3 Å². The lowest BCUT2D eigenvalue weighted by Gasteiger charge is -2.10. The first-order valence-electron chi connectivity index (χ1n) is 7.59. The first-order chi connectivity index (χ1) is 11.2. The second kappa shape index (κ2) is 8.45. The van der Waals surface area contributed by atoms with E-state index in [0.717, 1.165) is 23.2 Å². The van der Waals surface area contributed by atoms with Crippen molar-refractivity contribution in [3.63, 3.8) is 0 Å². The molecule has 1 aromatic carbocycles. The number of carbonyl (C=O) groups excluding carboxylic acids is 1. The third-order valence-electron chi connectivity index (χ3n) is 3.53. The van der Waals surface area contributed by atoms with Crippen molar-refractivity contribution in [2.24, 2.45) is 0 Å². The van der Waals surface area contributed by atoms with E-state index in [1.807, 2.05) is 31.2 Å². The molecule has 6 nitrogen and oxygen atoms in total. The van der Waals surface area contributed by atoms with Crippen molar-refractivity contribution < 1.29 is 14.3 Å². The fraction of sp³-hybridized carbons (Fsp3) is 0.412. The van der Waals surface area contributed by atoms with Gasteiger partial charge in [-0.05, 0) is 25.1 Å². The van der Waals surface area contributed by atoms with E-state index in [1.165, 1.54) is 0 Å². The number of amides is 1. The van der Waals surface area contributed by atoms with Gasteiger partial charge in [-0.2, -0.15) is 0 Å². The Morgan fingerprint density at radius 2 is 2.00 bits per heavy atom. The van der Waals surface area contributed by atoms with Gasteiger partial charge >= 0.3 is 0 Å². The molecular formula is C17H23N3O3. The zero-order valence-corrected chi connectivity index (χ0v) is 13.8. The van der Waals surface area contributed by atoms with Gasteiger partial charge < -0.3 is 20.1 Å². The molecule has 2 rings (SSSR count). The Kier molecular flexibility index (Phi) is 6.31. The summed E-state index contributed by atoms with van der Waals surface area (Å²) < 4.78 is 10.1. The number of aromatic nitrogens is 1. The number of hydrogen-bond acceptors (Lipinski definition) is 5. The summed E-state index contributed by atoms with van der Waals surface area (Å²) >= 11 is 0. The number of carbonyl (C=O) groups is 1. The SMILES string of the molecule is COCCNCCNC(=O)c1cc2ccc(OC)cc2nc1C. The van der Waals surface area contributed by atoms with Crippen LogP contribution in [0.4, 0.5) is 0 Å². The molecule has 0 bridgehead atoms. The highest BCUT2D eigenvalue weighted by Gasteiger charge is 2.11. The lowest BCUT2D eigenvalue weighted by molar-refractivity contribution is 0.0953. The number of nitrogens with one attached hydrogen (secondary N) is 2. The molecule has 2 N–H and O–H groups in total. The Hall–Kier alpha value is -2.18. The molecule has 0 spiro atoms. The van der Waals surface area contributed by atoms with Gasteiger partial charge in [-0.25, -0.2) is 0 Å². The van der Waals surface area contributed by atoms with E-state index in [-0.39, 0.29) is 5.91 Å². The van der Waals surface area contributed by atoms with Crippen LogP contribution in [0.2, 0.25) is 0 Å². The number of fused-ring (bicyclic) bond motifs is 1. The van der Waals surface area contributed by atoms with Crippen molar-refractivity contribution in [3.8, 4) is 5.75 Å². The van der Waals surface area contributed by atoms with Crippen LogP contribution in [0, 0.1) is 6.92 Å². The summed E-state index contributed by atoms with van der Waals surface area (Å²) in [4.78, 5) is 16.8. The molecule has 0 fully saturated rings. The normalized spacial score (nSPS) is 10.7. The van der Waals surface area contributed by atoms with Crippen LogP contribution in [0.3, 0.4) is 0 Å². The fourth-order valence-corrected chi connectivity index (χ4v) is 2.26. The van der Waals surface area contributed by atoms with Gasteiger partial charge in [0.15, 0.2) is 0 Å². The Bertz CT molecular complexity index is 673. The molecule has 0 saturated heterocycles. The van der Waals surface area contributed by atoms with Crippen molar-refractivity contribution in [1.82, 2.24) is 15.6 Å². The van der Waals surface area contributed by atoms with Crippen molar-refractivity contribution >= 4 is 16.8 Å². The number of aryl methyl sites for hydroxylation is 1. The van der Waals surface area contributed by atoms with E-state index in [4.69, 9.17) is 9.47 Å². The predicted molar refractivity (Wildman–Crippen MR) is 90.1 cm³/mol. The van der Waals surface area contributed by atoms with Crippen molar-refractivity contribution in [1.29, 1.82) is 0 Å². The number of hydrogen-bond donors (Lipinski definition) is 2. The zero-order valence-electron chi connectivity index (χ0n) is 13.8. The lowest BCUT2D eigenvalue weighted by atomic mass is 10.1. The summed E-state index contributed by atoms with van der Waals surface area (Å²) in [5, 5.41) is 6.99. The molecule has 0 atom stereocenters. The quantitative estimate of drug-likeness (QED) is 0.722. The lowest BCUT2D eigenvalue weighted by Crippen LogP contribution is -2.33. The zero-order chi connectivity index (χ0) is 16.7. The highest BCUT2D eigenvalue weighted by molar-refractivity contribution is 5.98. The molecule has 1 heterocycles. The minimum atomic E-state index is -0.110. The standard InChI is InChI=1S/C17H23N3O3/c1-12-15(17(21)19-7-6-18-8-9-22-2)10-13-4-5-14(23-3)11-16(13)20-12/h4-5,10-11,18H,6-9H2,1-3H3,(H,19,21). The molecule has 0 saturated carbocycles. The van der Waals surface area contributed by atoms with E-state index >= 15 is 0 Å². The van der Waals surface area contributed by atoms with E-state index < -0.39 is 0 Å². The molecule has 1 aromatic heterocycles. The second-order valence-corrected chi connectivity index (χ2v) is 5.18. The summed E-state index contributed by atoms with van der Waals surface area (Å²) in [6, 6.07) is 7.50. The molecule has 0 aliphatic heterocycles. The van der Waals surface area contributed by atoms with Crippen LogP contribution in [-0.2, 0) is 4.74 Å². The topological polar surface area (TPSA) is 72.5 Å². The van der Waals surface area contributed by atoms with E-state index in [0.29, 0.717) is 31.0 Å². The smallest absolute Gasteiger partial charge is 0.253 e. The predicted octanol–water partition coefficient (Wildman–Crippen LogP) is 1.52. The van der Waals surface area contributed by atoms with Gasteiger partial charge in [-0.3, -0.25) is 9.78 Å². The molecular weight excluding hydrogens is 294 g/mol. The van der Waals surface area contributed by atoms with Gasteiger partial charge in [0.1, 0.15) is 5.75 Å². The highest BCUT2D eigenvalue weighted by atomic mass is 16.5. The van der Waals surface area contributed by atoms with Gasteiger partial charge in [0.05, 0.1) is 30.5 Å². The third-order valence-corrected chi connectivity index (χ3v) is 3.53. The largest absolute Gasteiger partial charge is 0.497 e. The Balaban J connectivity index is 2.01. The molecule has 0 aliphatic rings. The third kappa shape index (κ3) is 4.64. The monoisotopic (exact) mass is 317 g/mol. The number of rotatable bonds is 8. The number of nitrogens with zero attached hydrogens (tertiary/aromatic N) is 1.